The van der Waals surface area contributed by atoms with Crippen LogP contribution in [-0.2, 0) is 6.18 Å². The van der Waals surface area contributed by atoms with Gasteiger partial charge in [-0.1, -0.05) is 42.5 Å². The first kappa shape index (κ1) is 21.1. The molecule has 0 saturated heterocycles. The minimum atomic E-state index is -4.37. The summed E-state index contributed by atoms with van der Waals surface area (Å²) in [6, 6.07) is 17.8. The van der Waals surface area contributed by atoms with Crippen molar-refractivity contribution < 1.29 is 18.0 Å². The van der Waals surface area contributed by atoms with Gasteiger partial charge < -0.3 is 5.32 Å². The van der Waals surface area contributed by atoms with Crippen LogP contribution in [0.4, 0.5) is 13.2 Å². The highest BCUT2D eigenvalue weighted by Crippen LogP contribution is 2.33. The number of benzene rings is 3. The summed E-state index contributed by atoms with van der Waals surface area (Å²) in [5.74, 6) is -0.193. The fraction of sp³-hybridized carbons (Fsp3) is 0.167. The fourth-order valence-corrected chi connectivity index (χ4v) is 3.18. The van der Waals surface area contributed by atoms with E-state index in [0.717, 1.165) is 34.9 Å². The first-order chi connectivity index (χ1) is 14.4. The van der Waals surface area contributed by atoms with Gasteiger partial charge in [0.2, 0.25) is 0 Å². The molecule has 1 amide bonds. The topological polar surface area (TPSA) is 52.9 Å². The van der Waals surface area contributed by atoms with Gasteiger partial charge in [-0.25, -0.2) is 0 Å². The van der Waals surface area contributed by atoms with Gasteiger partial charge in [0.1, 0.15) is 0 Å². The monoisotopic (exact) mass is 408 g/mol. The number of hydrogen-bond acceptors (Lipinski definition) is 2. The summed E-state index contributed by atoms with van der Waals surface area (Å²) in [7, 11) is 0. The second kappa shape index (κ2) is 9.27. The van der Waals surface area contributed by atoms with E-state index in [1.807, 2.05) is 30.3 Å². The van der Waals surface area contributed by atoms with Crippen LogP contribution < -0.4 is 5.32 Å². The highest BCUT2D eigenvalue weighted by molar-refractivity contribution is 6.02. The highest BCUT2D eigenvalue weighted by Gasteiger charge is 2.30. The van der Waals surface area contributed by atoms with Gasteiger partial charge in [-0.15, -0.1) is 0 Å². The summed E-state index contributed by atoms with van der Waals surface area (Å²) < 4.78 is 38.4. The van der Waals surface area contributed by atoms with Crippen LogP contribution in [0.25, 0.3) is 21.9 Å². The third kappa shape index (κ3) is 5.06. The van der Waals surface area contributed by atoms with Crippen LogP contribution in [0.3, 0.4) is 0 Å². The Morgan fingerprint density at radius 2 is 1.83 bits per heavy atom. The second-order valence-corrected chi connectivity index (χ2v) is 6.75. The number of halogens is 3. The zero-order valence-corrected chi connectivity index (χ0v) is 16.0. The van der Waals surface area contributed by atoms with Gasteiger partial charge in [-0.05, 0) is 59.0 Å². The van der Waals surface area contributed by atoms with E-state index in [1.165, 1.54) is 18.2 Å². The lowest BCUT2D eigenvalue weighted by atomic mass is 9.96. The smallest absolute Gasteiger partial charge is 0.352 e. The molecule has 0 aliphatic carbocycles. The summed E-state index contributed by atoms with van der Waals surface area (Å²) in [4.78, 5) is 12.4. The average molecular weight is 408 g/mol. The third-order valence-electron chi connectivity index (χ3n) is 4.69. The molecule has 0 aliphatic heterocycles. The Labute approximate surface area is 172 Å². The molecule has 0 heterocycles. The Morgan fingerprint density at radius 3 is 2.53 bits per heavy atom. The molecule has 0 spiro atoms. The molecule has 30 heavy (non-hydrogen) atoms. The molecule has 1 N–H and O–H groups in total. The molecule has 6 heteroatoms. The molecule has 3 aromatic carbocycles. The van der Waals surface area contributed by atoms with Crippen LogP contribution in [0.5, 0.6) is 0 Å². The van der Waals surface area contributed by atoms with Gasteiger partial charge in [0.05, 0.1) is 11.6 Å². The van der Waals surface area contributed by atoms with E-state index in [2.05, 4.69) is 5.32 Å². The highest BCUT2D eigenvalue weighted by atomic mass is 19.4. The zero-order valence-electron chi connectivity index (χ0n) is 16.0. The Balaban J connectivity index is 1.78. The first-order valence-corrected chi connectivity index (χ1v) is 9.43. The van der Waals surface area contributed by atoms with Crippen molar-refractivity contribution in [3.63, 3.8) is 0 Å². The van der Waals surface area contributed by atoms with E-state index in [4.69, 9.17) is 5.26 Å². The molecule has 152 valence electrons. The summed E-state index contributed by atoms with van der Waals surface area (Å²) in [5, 5.41) is 13.0. The van der Waals surface area contributed by atoms with Crippen LogP contribution in [0.15, 0.2) is 72.8 Å². The number of carbonyl (C=O) groups excluding carboxylic acids is 1. The van der Waals surface area contributed by atoms with Crippen molar-refractivity contribution in [3.05, 3.63) is 83.9 Å². The van der Waals surface area contributed by atoms with Crippen LogP contribution in [0.1, 0.15) is 28.8 Å². The number of unbranched alkanes of at least 4 members (excludes halogenated alkanes) is 1. The number of nitrogens with zero attached hydrogens (tertiary/aromatic N) is 1. The number of hydrogen-bond donors (Lipinski definition) is 1. The van der Waals surface area contributed by atoms with Gasteiger partial charge in [-0.3, -0.25) is 4.79 Å². The van der Waals surface area contributed by atoms with Gasteiger partial charge in [0, 0.05) is 18.2 Å². The Bertz CT molecular complexity index is 1110. The van der Waals surface area contributed by atoms with Crippen molar-refractivity contribution in [2.45, 2.75) is 19.0 Å². The van der Waals surface area contributed by atoms with Gasteiger partial charge in [-0.2, -0.15) is 18.4 Å². The maximum Gasteiger partial charge on any atom is 0.416 e. The Morgan fingerprint density at radius 1 is 1.07 bits per heavy atom. The number of amides is 1. The lowest BCUT2D eigenvalue weighted by Gasteiger charge is -2.11. The van der Waals surface area contributed by atoms with E-state index in [-0.39, 0.29) is 5.91 Å². The molecular weight excluding hydrogens is 389 g/mol. The molecule has 3 rings (SSSR count). The summed E-state index contributed by atoms with van der Waals surface area (Å²) in [5.41, 5.74) is 1.31. The number of nitriles is 1. The minimum Gasteiger partial charge on any atom is -0.352 e. The number of rotatable bonds is 6. The Hall–Kier alpha value is -3.59. The van der Waals surface area contributed by atoms with Gasteiger partial charge in [0.25, 0.3) is 5.91 Å². The SMILES string of the molecule is N#C/C=C\CCCNC(=O)c1ccc2c(-c3ccc(C(F)(F)F)cc3)cccc2c1. The Kier molecular flexibility index (Phi) is 6.53. The van der Waals surface area contributed by atoms with Crippen molar-refractivity contribution in [3.8, 4) is 17.2 Å². The lowest BCUT2D eigenvalue weighted by molar-refractivity contribution is -0.137. The maximum absolute atomic E-state index is 12.8. The van der Waals surface area contributed by atoms with Crippen molar-refractivity contribution >= 4 is 16.7 Å². The van der Waals surface area contributed by atoms with Gasteiger partial charge in [0.15, 0.2) is 0 Å². The van der Waals surface area contributed by atoms with Crippen molar-refractivity contribution in [1.29, 1.82) is 5.26 Å². The number of carbonyl (C=O) groups is 1. The number of fused-ring (bicyclic) bond motifs is 1. The number of alkyl halides is 3. The molecule has 0 aromatic heterocycles. The third-order valence-corrected chi connectivity index (χ3v) is 4.69. The van der Waals surface area contributed by atoms with Crippen LogP contribution in [0.2, 0.25) is 0 Å². The minimum absolute atomic E-state index is 0.193. The average Bonchev–Trinajstić information content (AvgIpc) is 2.74. The summed E-state index contributed by atoms with van der Waals surface area (Å²) in [6.07, 6.45) is 0.244. The quantitative estimate of drug-likeness (QED) is 0.395. The standard InChI is InChI=1S/C24H19F3N2O/c25-24(26,27)20-11-8-17(9-12-20)21-7-5-6-18-16-19(10-13-22(18)21)23(30)29-15-4-2-1-3-14-28/h1,3,5-13,16H,2,4,15H2,(H,29,30)/b3-1-. The first-order valence-electron chi connectivity index (χ1n) is 9.43. The molecule has 0 saturated carbocycles. The maximum atomic E-state index is 12.8. The molecule has 0 radical (unpaired) electrons. The van der Waals surface area contributed by atoms with E-state index < -0.39 is 11.7 Å². The summed E-state index contributed by atoms with van der Waals surface area (Å²) >= 11 is 0. The molecule has 0 aliphatic rings. The fourth-order valence-electron chi connectivity index (χ4n) is 3.18. The van der Waals surface area contributed by atoms with Crippen molar-refractivity contribution in [1.82, 2.24) is 5.32 Å². The molecule has 0 bridgehead atoms. The molecule has 3 aromatic rings. The zero-order chi connectivity index (χ0) is 21.6. The van der Waals surface area contributed by atoms with Crippen LogP contribution in [0, 0.1) is 11.3 Å². The van der Waals surface area contributed by atoms with Gasteiger partial charge >= 0.3 is 6.18 Å². The van der Waals surface area contributed by atoms with E-state index in [0.29, 0.717) is 24.1 Å². The molecule has 0 fully saturated rings. The number of allylic oxidation sites excluding steroid dienone is 2. The van der Waals surface area contributed by atoms with E-state index >= 15 is 0 Å². The van der Waals surface area contributed by atoms with Crippen LogP contribution >= 0.6 is 0 Å². The molecular formula is C24H19F3N2O. The van der Waals surface area contributed by atoms with Crippen molar-refractivity contribution in [2.75, 3.05) is 6.54 Å². The second-order valence-electron chi connectivity index (χ2n) is 6.75. The molecule has 0 atom stereocenters. The number of nitrogens with one attached hydrogen (secondary N) is 1. The molecule has 0 unspecified atom stereocenters. The normalized spacial score (nSPS) is 11.5. The van der Waals surface area contributed by atoms with Crippen LogP contribution in [-0.4, -0.2) is 12.5 Å². The lowest BCUT2D eigenvalue weighted by Crippen LogP contribution is -2.24. The molecule has 3 nitrogen and oxygen atoms in total. The predicted octanol–water partition coefficient (Wildman–Crippen LogP) is 6.12. The van der Waals surface area contributed by atoms with E-state index in [9.17, 15) is 18.0 Å². The van der Waals surface area contributed by atoms with Crippen molar-refractivity contribution in [2.24, 2.45) is 0 Å². The van der Waals surface area contributed by atoms with E-state index in [1.54, 1.807) is 18.2 Å². The largest absolute Gasteiger partial charge is 0.416 e. The predicted molar refractivity (Wildman–Crippen MR) is 111 cm³/mol. The summed E-state index contributed by atoms with van der Waals surface area (Å²) in [6.45, 7) is 0.498.